The molecule has 0 aromatic carbocycles. The fourth-order valence-electron chi connectivity index (χ4n) is 2.23. The molecule has 6 nitrogen and oxygen atoms in total. The molecular weight excluding hydrogens is 246 g/mol. The van der Waals surface area contributed by atoms with Gasteiger partial charge in [-0.1, -0.05) is 0 Å². The highest BCUT2D eigenvalue weighted by Crippen LogP contribution is 2.16. The Bertz CT molecular complexity index is 422. The van der Waals surface area contributed by atoms with Gasteiger partial charge >= 0.3 is 0 Å². The van der Waals surface area contributed by atoms with Gasteiger partial charge in [-0.2, -0.15) is 0 Å². The molecule has 0 bridgehead atoms. The normalized spacial score (nSPS) is 16.5. The second-order valence-corrected chi connectivity index (χ2v) is 4.74. The molecule has 19 heavy (non-hydrogen) atoms. The minimum Gasteiger partial charge on any atom is -0.468 e. The summed E-state index contributed by atoms with van der Waals surface area (Å²) in [4.78, 5) is 24.7. The summed E-state index contributed by atoms with van der Waals surface area (Å²) in [6, 6.07) is 3.67. The lowest BCUT2D eigenvalue weighted by atomic mass is 9.96. The zero-order valence-electron chi connectivity index (χ0n) is 10.8. The van der Waals surface area contributed by atoms with Crippen LogP contribution in [0.15, 0.2) is 22.8 Å². The molecule has 1 aromatic heterocycles. The minimum atomic E-state index is -0.261. The first-order valence-electron chi connectivity index (χ1n) is 6.47. The highest BCUT2D eigenvalue weighted by Gasteiger charge is 2.25. The van der Waals surface area contributed by atoms with Gasteiger partial charge < -0.3 is 20.4 Å². The van der Waals surface area contributed by atoms with Gasteiger partial charge in [-0.05, 0) is 25.0 Å². The molecule has 6 heteroatoms. The molecule has 0 saturated carbocycles. The van der Waals surface area contributed by atoms with Crippen molar-refractivity contribution in [2.24, 2.45) is 11.7 Å². The molecule has 2 heterocycles. The van der Waals surface area contributed by atoms with Gasteiger partial charge in [0.05, 0.1) is 19.4 Å². The lowest BCUT2D eigenvalue weighted by molar-refractivity contribution is -0.134. The van der Waals surface area contributed by atoms with Crippen LogP contribution in [0.1, 0.15) is 18.6 Å². The van der Waals surface area contributed by atoms with Crippen LogP contribution in [0.4, 0.5) is 0 Å². The maximum absolute atomic E-state index is 11.9. The molecule has 1 aliphatic rings. The van der Waals surface area contributed by atoms with Crippen molar-refractivity contribution in [2.75, 3.05) is 19.6 Å². The van der Waals surface area contributed by atoms with E-state index in [9.17, 15) is 9.59 Å². The van der Waals surface area contributed by atoms with Crippen molar-refractivity contribution >= 4 is 11.8 Å². The van der Waals surface area contributed by atoms with Crippen molar-refractivity contribution in [3.05, 3.63) is 24.2 Å². The summed E-state index contributed by atoms with van der Waals surface area (Å²) in [5.74, 6) is 0.512. The van der Waals surface area contributed by atoms with Crippen LogP contribution in [0.3, 0.4) is 0 Å². The molecule has 0 atom stereocenters. The standard InChI is InChI=1S/C13H19N3O3/c14-13(18)10-3-5-16(6-4-10)12(17)9-15-8-11-2-1-7-19-11/h1-2,7,10,15H,3-6,8-9H2,(H2,14,18). The average Bonchev–Trinajstić information content (AvgIpc) is 2.92. The lowest BCUT2D eigenvalue weighted by Gasteiger charge is -2.30. The van der Waals surface area contributed by atoms with Crippen molar-refractivity contribution in [1.82, 2.24) is 10.2 Å². The minimum absolute atomic E-state index is 0.0504. The van der Waals surface area contributed by atoms with Crippen molar-refractivity contribution in [3.63, 3.8) is 0 Å². The third kappa shape index (κ3) is 3.82. The summed E-state index contributed by atoms with van der Waals surface area (Å²) in [6.07, 6.45) is 2.94. The quantitative estimate of drug-likeness (QED) is 0.790. The summed E-state index contributed by atoms with van der Waals surface area (Å²) >= 11 is 0. The van der Waals surface area contributed by atoms with Crippen molar-refractivity contribution in [1.29, 1.82) is 0 Å². The molecule has 0 spiro atoms. The van der Waals surface area contributed by atoms with Crippen LogP contribution in [0.25, 0.3) is 0 Å². The number of nitrogens with zero attached hydrogens (tertiary/aromatic N) is 1. The third-order valence-corrected chi connectivity index (χ3v) is 3.41. The summed E-state index contributed by atoms with van der Waals surface area (Å²) in [6.45, 7) is 2.03. The molecule has 2 amide bonds. The number of carbonyl (C=O) groups is 2. The number of amides is 2. The number of likely N-dealkylation sites (tertiary alicyclic amines) is 1. The van der Waals surface area contributed by atoms with Crippen LogP contribution in [0.2, 0.25) is 0 Å². The fraction of sp³-hybridized carbons (Fsp3) is 0.538. The van der Waals surface area contributed by atoms with E-state index in [1.807, 2.05) is 12.1 Å². The highest BCUT2D eigenvalue weighted by molar-refractivity contribution is 5.80. The van der Waals surface area contributed by atoms with Crippen molar-refractivity contribution in [3.8, 4) is 0 Å². The van der Waals surface area contributed by atoms with Gasteiger partial charge in [0.1, 0.15) is 5.76 Å². The highest BCUT2D eigenvalue weighted by atomic mass is 16.3. The van der Waals surface area contributed by atoms with E-state index in [-0.39, 0.29) is 24.3 Å². The molecule has 2 rings (SSSR count). The predicted molar refractivity (Wildman–Crippen MR) is 68.9 cm³/mol. The van der Waals surface area contributed by atoms with Gasteiger partial charge in [-0.3, -0.25) is 9.59 Å². The van der Waals surface area contributed by atoms with Gasteiger partial charge in [0.15, 0.2) is 0 Å². The van der Waals surface area contributed by atoms with E-state index in [0.717, 1.165) is 5.76 Å². The Kier molecular flexibility index (Phi) is 4.57. The van der Waals surface area contributed by atoms with Crippen molar-refractivity contribution in [2.45, 2.75) is 19.4 Å². The number of hydrogen-bond donors (Lipinski definition) is 2. The smallest absolute Gasteiger partial charge is 0.236 e. The number of carbonyl (C=O) groups excluding carboxylic acids is 2. The van der Waals surface area contributed by atoms with Gasteiger partial charge in [-0.25, -0.2) is 0 Å². The number of piperidine rings is 1. The van der Waals surface area contributed by atoms with Crippen LogP contribution in [0.5, 0.6) is 0 Å². The molecule has 104 valence electrons. The van der Waals surface area contributed by atoms with Gasteiger partial charge in [-0.15, -0.1) is 0 Å². The van der Waals surface area contributed by atoms with Crippen LogP contribution >= 0.6 is 0 Å². The van der Waals surface area contributed by atoms with Crippen LogP contribution in [-0.2, 0) is 16.1 Å². The average molecular weight is 265 g/mol. The largest absolute Gasteiger partial charge is 0.468 e. The Labute approximate surface area is 111 Å². The zero-order chi connectivity index (χ0) is 13.7. The topological polar surface area (TPSA) is 88.6 Å². The summed E-state index contributed by atoms with van der Waals surface area (Å²) in [7, 11) is 0. The number of furan rings is 1. The second kappa shape index (κ2) is 6.38. The predicted octanol–water partition coefficient (Wildman–Crippen LogP) is 0.0931. The Hall–Kier alpha value is -1.82. The molecule has 3 N–H and O–H groups in total. The van der Waals surface area contributed by atoms with E-state index in [1.165, 1.54) is 0 Å². The zero-order valence-corrected chi connectivity index (χ0v) is 10.8. The molecule has 1 fully saturated rings. The maximum atomic E-state index is 11.9. The summed E-state index contributed by atoms with van der Waals surface area (Å²) < 4.78 is 5.16. The second-order valence-electron chi connectivity index (χ2n) is 4.74. The molecule has 1 aliphatic heterocycles. The maximum Gasteiger partial charge on any atom is 0.236 e. The number of rotatable bonds is 5. The number of primary amides is 1. The Morgan fingerprint density at radius 1 is 1.42 bits per heavy atom. The molecule has 0 unspecified atom stereocenters. The van der Waals surface area contributed by atoms with E-state index < -0.39 is 0 Å². The van der Waals surface area contributed by atoms with E-state index >= 15 is 0 Å². The van der Waals surface area contributed by atoms with Crippen LogP contribution < -0.4 is 11.1 Å². The van der Waals surface area contributed by atoms with Crippen LogP contribution in [0, 0.1) is 5.92 Å². The SMILES string of the molecule is NC(=O)C1CCN(C(=O)CNCc2ccco2)CC1. The molecule has 0 radical (unpaired) electrons. The van der Waals surface area contributed by atoms with Crippen LogP contribution in [-0.4, -0.2) is 36.3 Å². The number of nitrogens with one attached hydrogen (secondary N) is 1. The summed E-state index contributed by atoms with van der Waals surface area (Å²) in [5, 5.41) is 3.04. The van der Waals surface area contributed by atoms with E-state index in [1.54, 1.807) is 11.2 Å². The van der Waals surface area contributed by atoms with E-state index in [2.05, 4.69) is 5.32 Å². The first kappa shape index (κ1) is 13.6. The van der Waals surface area contributed by atoms with Gasteiger partial charge in [0.2, 0.25) is 11.8 Å². The first-order valence-corrected chi connectivity index (χ1v) is 6.47. The Morgan fingerprint density at radius 3 is 2.74 bits per heavy atom. The lowest BCUT2D eigenvalue weighted by Crippen LogP contribution is -2.44. The van der Waals surface area contributed by atoms with E-state index in [4.69, 9.17) is 10.2 Å². The third-order valence-electron chi connectivity index (χ3n) is 3.41. The molecule has 1 aromatic rings. The number of hydrogen-bond acceptors (Lipinski definition) is 4. The van der Waals surface area contributed by atoms with E-state index in [0.29, 0.717) is 32.5 Å². The van der Waals surface area contributed by atoms with Gasteiger partial charge in [0, 0.05) is 19.0 Å². The fourth-order valence-corrected chi connectivity index (χ4v) is 2.23. The monoisotopic (exact) mass is 265 g/mol. The Morgan fingerprint density at radius 2 is 2.16 bits per heavy atom. The molecule has 1 saturated heterocycles. The summed E-state index contributed by atoms with van der Waals surface area (Å²) in [5.41, 5.74) is 5.26. The van der Waals surface area contributed by atoms with Crippen molar-refractivity contribution < 1.29 is 14.0 Å². The molecular formula is C13H19N3O3. The van der Waals surface area contributed by atoms with Gasteiger partial charge in [0.25, 0.3) is 0 Å². The Balaban J connectivity index is 1.68. The first-order chi connectivity index (χ1) is 9.16. The molecule has 0 aliphatic carbocycles. The number of nitrogens with two attached hydrogens (primary N) is 1.